The molecule has 3 rings (SSSR count). The minimum Gasteiger partial charge on any atom is -0.365 e. The molecule has 0 saturated carbocycles. The zero-order valence-corrected chi connectivity index (χ0v) is 19.6. The number of para-hydroxylation sites is 1. The van der Waals surface area contributed by atoms with Crippen LogP contribution in [0, 0.1) is 0 Å². The average Bonchev–Trinajstić information content (AvgIpc) is 2.73. The standard InChI is InChI=1S/C21H22BrClN4O2S/c1-2-18(28)26-9-11-27(12-10-26)19-16(23)7-4-8-17(19)24-21(30)25-20(29)14-5-3-6-15(22)13-14/h3-8,13H,2,9-12H2,1H3,(H2,24,25,29,30). The van der Waals surface area contributed by atoms with Crippen molar-refractivity contribution in [3.63, 3.8) is 0 Å². The van der Waals surface area contributed by atoms with E-state index in [1.54, 1.807) is 18.2 Å². The highest BCUT2D eigenvalue weighted by molar-refractivity contribution is 9.10. The fourth-order valence-corrected chi connectivity index (χ4v) is 4.20. The summed E-state index contributed by atoms with van der Waals surface area (Å²) in [5, 5.41) is 6.55. The third-order valence-electron chi connectivity index (χ3n) is 4.80. The van der Waals surface area contributed by atoms with E-state index in [4.69, 9.17) is 23.8 Å². The zero-order chi connectivity index (χ0) is 21.7. The van der Waals surface area contributed by atoms with Crippen LogP contribution in [0.4, 0.5) is 11.4 Å². The number of benzene rings is 2. The number of halogens is 2. The summed E-state index contributed by atoms with van der Waals surface area (Å²) in [6.07, 6.45) is 0.505. The van der Waals surface area contributed by atoms with Gasteiger partial charge >= 0.3 is 0 Å². The molecule has 30 heavy (non-hydrogen) atoms. The van der Waals surface area contributed by atoms with Crippen molar-refractivity contribution in [2.75, 3.05) is 36.4 Å². The number of anilines is 2. The van der Waals surface area contributed by atoms with E-state index >= 15 is 0 Å². The van der Waals surface area contributed by atoms with Gasteiger partial charge in [0.2, 0.25) is 5.91 Å². The molecule has 1 saturated heterocycles. The van der Waals surface area contributed by atoms with Gasteiger partial charge in [-0.25, -0.2) is 0 Å². The van der Waals surface area contributed by atoms with Gasteiger partial charge < -0.3 is 15.1 Å². The summed E-state index contributed by atoms with van der Waals surface area (Å²) < 4.78 is 0.812. The Morgan fingerprint density at radius 2 is 1.83 bits per heavy atom. The van der Waals surface area contributed by atoms with Crippen LogP contribution in [0.15, 0.2) is 46.9 Å². The molecule has 2 aromatic rings. The second-order valence-electron chi connectivity index (χ2n) is 6.78. The monoisotopic (exact) mass is 508 g/mol. The SMILES string of the molecule is CCC(=O)N1CCN(c2c(Cl)cccc2NC(=S)NC(=O)c2cccc(Br)c2)CC1. The number of piperazine rings is 1. The summed E-state index contributed by atoms with van der Waals surface area (Å²) in [6.45, 7) is 4.49. The number of rotatable bonds is 4. The van der Waals surface area contributed by atoms with Crippen molar-refractivity contribution >= 4 is 68.1 Å². The molecule has 2 aromatic carbocycles. The average molecular weight is 510 g/mol. The second kappa shape index (κ2) is 10.2. The van der Waals surface area contributed by atoms with E-state index in [1.165, 1.54) is 0 Å². The first-order valence-corrected chi connectivity index (χ1v) is 11.2. The lowest BCUT2D eigenvalue weighted by Crippen LogP contribution is -2.49. The molecule has 0 unspecified atom stereocenters. The topological polar surface area (TPSA) is 64.7 Å². The molecule has 1 aliphatic heterocycles. The molecule has 1 heterocycles. The maximum Gasteiger partial charge on any atom is 0.257 e. The van der Waals surface area contributed by atoms with E-state index in [0.717, 1.165) is 10.2 Å². The second-order valence-corrected chi connectivity index (χ2v) is 8.51. The first kappa shape index (κ1) is 22.5. The van der Waals surface area contributed by atoms with Gasteiger partial charge in [-0.2, -0.15) is 0 Å². The number of carbonyl (C=O) groups excluding carboxylic acids is 2. The van der Waals surface area contributed by atoms with Crippen LogP contribution in [0.2, 0.25) is 5.02 Å². The predicted octanol–water partition coefficient (Wildman–Crippen LogP) is 4.29. The summed E-state index contributed by atoms with van der Waals surface area (Å²) >= 11 is 15.2. The van der Waals surface area contributed by atoms with Crippen molar-refractivity contribution in [1.82, 2.24) is 10.2 Å². The normalized spacial score (nSPS) is 13.7. The number of nitrogens with zero attached hydrogens (tertiary/aromatic N) is 2. The highest BCUT2D eigenvalue weighted by Gasteiger charge is 2.23. The lowest BCUT2D eigenvalue weighted by atomic mass is 10.2. The molecular weight excluding hydrogens is 488 g/mol. The highest BCUT2D eigenvalue weighted by Crippen LogP contribution is 2.34. The number of amides is 2. The van der Waals surface area contributed by atoms with E-state index in [-0.39, 0.29) is 16.9 Å². The molecular formula is C21H22BrClN4O2S. The van der Waals surface area contributed by atoms with Crippen LogP contribution in [0.3, 0.4) is 0 Å². The molecule has 2 amide bonds. The van der Waals surface area contributed by atoms with E-state index in [9.17, 15) is 9.59 Å². The van der Waals surface area contributed by atoms with Crippen molar-refractivity contribution in [2.45, 2.75) is 13.3 Å². The molecule has 0 aromatic heterocycles. The summed E-state index contributed by atoms with van der Waals surface area (Å²) in [6, 6.07) is 12.6. The van der Waals surface area contributed by atoms with E-state index in [1.807, 2.05) is 36.1 Å². The first-order chi connectivity index (χ1) is 14.4. The van der Waals surface area contributed by atoms with E-state index < -0.39 is 0 Å². The third kappa shape index (κ3) is 5.50. The Morgan fingerprint density at radius 3 is 2.50 bits per heavy atom. The van der Waals surface area contributed by atoms with Crippen LogP contribution in [0.5, 0.6) is 0 Å². The molecule has 9 heteroatoms. The molecule has 0 spiro atoms. The van der Waals surface area contributed by atoms with Gasteiger partial charge in [0.05, 0.1) is 16.4 Å². The Kier molecular flexibility index (Phi) is 7.69. The Morgan fingerprint density at radius 1 is 1.13 bits per heavy atom. The predicted molar refractivity (Wildman–Crippen MR) is 128 cm³/mol. The van der Waals surface area contributed by atoms with Crippen LogP contribution < -0.4 is 15.5 Å². The molecule has 6 nitrogen and oxygen atoms in total. The van der Waals surface area contributed by atoms with Crippen LogP contribution in [0.25, 0.3) is 0 Å². The van der Waals surface area contributed by atoms with Crippen molar-refractivity contribution in [3.05, 3.63) is 57.5 Å². The highest BCUT2D eigenvalue weighted by atomic mass is 79.9. The van der Waals surface area contributed by atoms with Gasteiger partial charge in [0.15, 0.2) is 5.11 Å². The summed E-state index contributed by atoms with van der Waals surface area (Å²) in [5.41, 5.74) is 2.01. The minimum atomic E-state index is -0.302. The smallest absolute Gasteiger partial charge is 0.257 e. The van der Waals surface area contributed by atoms with Crippen molar-refractivity contribution in [3.8, 4) is 0 Å². The summed E-state index contributed by atoms with van der Waals surface area (Å²) in [7, 11) is 0. The van der Waals surface area contributed by atoms with Crippen LogP contribution in [-0.2, 0) is 4.79 Å². The van der Waals surface area contributed by atoms with Crippen molar-refractivity contribution in [1.29, 1.82) is 0 Å². The first-order valence-electron chi connectivity index (χ1n) is 9.58. The molecule has 0 atom stereocenters. The Bertz CT molecular complexity index is 964. The van der Waals surface area contributed by atoms with Gasteiger partial charge in [0, 0.05) is 42.6 Å². The number of hydrogen-bond acceptors (Lipinski definition) is 4. The van der Waals surface area contributed by atoms with Gasteiger partial charge in [0.25, 0.3) is 5.91 Å². The van der Waals surface area contributed by atoms with Crippen molar-refractivity contribution < 1.29 is 9.59 Å². The molecule has 1 fully saturated rings. The van der Waals surface area contributed by atoms with Gasteiger partial charge in [-0.1, -0.05) is 46.6 Å². The number of hydrogen-bond donors (Lipinski definition) is 2. The largest absolute Gasteiger partial charge is 0.365 e. The summed E-state index contributed by atoms with van der Waals surface area (Å²) in [4.78, 5) is 28.4. The summed E-state index contributed by atoms with van der Waals surface area (Å²) in [5.74, 6) is -0.146. The van der Waals surface area contributed by atoms with Crippen LogP contribution in [-0.4, -0.2) is 48.0 Å². The fourth-order valence-electron chi connectivity index (χ4n) is 3.30. The number of carbonyl (C=O) groups is 2. The molecule has 0 bridgehead atoms. The van der Waals surface area contributed by atoms with Crippen LogP contribution in [0.1, 0.15) is 23.7 Å². The lowest BCUT2D eigenvalue weighted by molar-refractivity contribution is -0.131. The lowest BCUT2D eigenvalue weighted by Gasteiger charge is -2.37. The third-order valence-corrected chi connectivity index (χ3v) is 5.80. The molecule has 0 radical (unpaired) electrons. The van der Waals surface area contributed by atoms with E-state index in [0.29, 0.717) is 48.9 Å². The van der Waals surface area contributed by atoms with Gasteiger partial charge in [-0.05, 0) is 42.5 Å². The van der Waals surface area contributed by atoms with Gasteiger partial charge in [-0.3, -0.25) is 14.9 Å². The number of nitrogens with one attached hydrogen (secondary N) is 2. The van der Waals surface area contributed by atoms with E-state index in [2.05, 4.69) is 31.5 Å². The Hall–Kier alpha value is -2.16. The molecule has 1 aliphatic rings. The maximum absolute atomic E-state index is 12.4. The Balaban J connectivity index is 1.70. The van der Waals surface area contributed by atoms with Gasteiger partial charge in [0.1, 0.15) is 0 Å². The molecule has 0 aliphatic carbocycles. The van der Waals surface area contributed by atoms with Crippen molar-refractivity contribution in [2.24, 2.45) is 0 Å². The quantitative estimate of drug-likeness (QED) is 0.602. The molecule has 2 N–H and O–H groups in total. The minimum absolute atomic E-state index is 0.156. The maximum atomic E-state index is 12.4. The number of thiocarbonyl (C=S) groups is 1. The van der Waals surface area contributed by atoms with Crippen LogP contribution >= 0.6 is 39.7 Å². The van der Waals surface area contributed by atoms with Gasteiger partial charge in [-0.15, -0.1) is 0 Å². The zero-order valence-electron chi connectivity index (χ0n) is 16.5. The fraction of sp³-hybridized carbons (Fsp3) is 0.286. The Labute approximate surface area is 194 Å². The molecule has 158 valence electrons.